The second kappa shape index (κ2) is 13.7. The van der Waals surface area contributed by atoms with Gasteiger partial charge in [0.2, 0.25) is 5.91 Å². The number of amides is 1. The molecule has 246 valence electrons. The Balaban J connectivity index is 1.22. The quantitative estimate of drug-likeness (QED) is 0.120. The molecule has 1 N–H and O–H groups in total. The van der Waals surface area contributed by atoms with Gasteiger partial charge >= 0.3 is 5.97 Å². The van der Waals surface area contributed by atoms with E-state index in [4.69, 9.17) is 9.72 Å². The highest BCUT2D eigenvalue weighted by atomic mass is 127. The number of carboxylic acid groups (broad SMARTS) is 1. The highest BCUT2D eigenvalue weighted by Crippen LogP contribution is 2.38. The number of fused-ring (bicyclic) bond motifs is 1. The highest BCUT2D eigenvalue weighted by Gasteiger charge is 2.27. The van der Waals surface area contributed by atoms with Crippen molar-refractivity contribution in [2.45, 2.75) is 62.0 Å². The summed E-state index contributed by atoms with van der Waals surface area (Å²) in [6.07, 6.45) is 6.20. The number of benzene rings is 4. The molecule has 0 radical (unpaired) electrons. The van der Waals surface area contributed by atoms with Crippen molar-refractivity contribution in [2.75, 3.05) is 11.4 Å². The van der Waals surface area contributed by atoms with Crippen molar-refractivity contribution < 1.29 is 28.2 Å². The number of halogens is 3. The zero-order chi connectivity index (χ0) is 33.4. The van der Waals surface area contributed by atoms with Crippen LogP contribution < -0.4 is 9.64 Å². The van der Waals surface area contributed by atoms with Crippen molar-refractivity contribution in [1.82, 2.24) is 9.55 Å². The fourth-order valence-corrected chi connectivity index (χ4v) is 7.44. The molecule has 1 saturated heterocycles. The van der Waals surface area contributed by atoms with Crippen molar-refractivity contribution >= 4 is 51.2 Å². The maximum atomic E-state index is 16.0. The summed E-state index contributed by atoms with van der Waals surface area (Å²) in [5, 5.41) is 9.55. The molecule has 0 atom stereocenters. The molecule has 1 amide bonds. The Hall–Kier alpha value is -4.32. The number of carbonyl (C=O) groups excluding carboxylic acids is 1. The Labute approximate surface area is 290 Å². The number of hydrogen-bond acceptors (Lipinski definition) is 4. The van der Waals surface area contributed by atoms with Gasteiger partial charge in [-0.05, 0) is 84.0 Å². The van der Waals surface area contributed by atoms with E-state index in [2.05, 4.69) is 27.2 Å². The molecule has 0 bridgehead atoms. The Kier molecular flexibility index (Phi) is 9.17. The van der Waals surface area contributed by atoms with Gasteiger partial charge < -0.3 is 19.3 Å². The van der Waals surface area contributed by atoms with Crippen LogP contribution in [0.5, 0.6) is 5.75 Å². The first kappa shape index (κ1) is 32.2. The molecule has 2 fully saturated rings. The zero-order valence-electron chi connectivity index (χ0n) is 26.2. The van der Waals surface area contributed by atoms with E-state index >= 15 is 8.78 Å². The third kappa shape index (κ3) is 6.29. The summed E-state index contributed by atoms with van der Waals surface area (Å²) in [6, 6.07) is 20.7. The van der Waals surface area contributed by atoms with E-state index < -0.39 is 17.6 Å². The summed E-state index contributed by atoms with van der Waals surface area (Å²) >= 11 is 2.29. The first-order chi connectivity index (χ1) is 23.3. The standard InChI is InChI=1S/C38H34F2IN3O4/c39-31-19-28(13-14-29(31)37-42-33-17-25(38(46)47)12-15-34(33)44(37)27-5-2-1-3-6-27)48-22-26-18-35(43-16-4-7-36(43)45)32(40)20-30(26)24-10-8-23(21-41)9-11-24/h8-15,17-20,27H,1-7,16,21-22H2,(H,46,47). The summed E-state index contributed by atoms with van der Waals surface area (Å²) in [5.74, 6) is -1.40. The van der Waals surface area contributed by atoms with Crippen molar-refractivity contribution in [2.24, 2.45) is 0 Å². The highest BCUT2D eigenvalue weighted by molar-refractivity contribution is 14.1. The number of alkyl halides is 1. The van der Waals surface area contributed by atoms with Gasteiger partial charge in [-0.15, -0.1) is 0 Å². The first-order valence-corrected chi connectivity index (χ1v) is 17.8. The summed E-state index contributed by atoms with van der Waals surface area (Å²) in [6.45, 7) is 0.478. The number of ether oxygens (including phenoxy) is 1. The molecule has 1 aliphatic heterocycles. The van der Waals surface area contributed by atoms with E-state index in [-0.39, 0.29) is 29.8 Å². The van der Waals surface area contributed by atoms with Crippen LogP contribution in [0.3, 0.4) is 0 Å². The number of nitrogens with zero attached hydrogens (tertiary/aromatic N) is 3. The third-order valence-electron chi connectivity index (χ3n) is 9.41. The molecule has 2 heterocycles. The number of imidazole rings is 1. The predicted molar refractivity (Wildman–Crippen MR) is 190 cm³/mol. The Morgan fingerprint density at radius 3 is 2.40 bits per heavy atom. The first-order valence-electron chi connectivity index (χ1n) is 16.3. The third-order valence-corrected chi connectivity index (χ3v) is 10.3. The van der Waals surface area contributed by atoms with Crippen LogP contribution in [0.1, 0.15) is 72.5 Å². The van der Waals surface area contributed by atoms with Gasteiger partial charge in [0, 0.05) is 29.5 Å². The van der Waals surface area contributed by atoms with Gasteiger partial charge in [0.05, 0.1) is 27.8 Å². The number of aromatic carboxylic acids is 1. The molecular formula is C38H34F2IN3O4. The largest absolute Gasteiger partial charge is 0.489 e. The summed E-state index contributed by atoms with van der Waals surface area (Å²) in [5.41, 5.74) is 5.22. The average Bonchev–Trinajstić information content (AvgIpc) is 3.70. The smallest absolute Gasteiger partial charge is 0.335 e. The lowest BCUT2D eigenvalue weighted by Gasteiger charge is -2.25. The monoisotopic (exact) mass is 761 g/mol. The number of hydrogen-bond donors (Lipinski definition) is 1. The van der Waals surface area contributed by atoms with Crippen molar-refractivity contribution in [3.8, 4) is 28.3 Å². The van der Waals surface area contributed by atoms with E-state index in [1.165, 1.54) is 23.1 Å². The minimum Gasteiger partial charge on any atom is -0.489 e. The SMILES string of the molecule is O=C(O)c1ccc2c(c1)nc(-c1ccc(OCc3cc(N4CCCC4=O)c(F)cc3-c3ccc(CI)cc3)cc1F)n2C1CCCCC1. The molecule has 0 spiro atoms. The fourth-order valence-electron chi connectivity index (χ4n) is 6.94. The lowest BCUT2D eigenvalue weighted by molar-refractivity contribution is -0.117. The van der Waals surface area contributed by atoms with Crippen molar-refractivity contribution in [3.63, 3.8) is 0 Å². The summed E-state index contributed by atoms with van der Waals surface area (Å²) < 4.78 is 40.5. The Morgan fingerprint density at radius 1 is 0.917 bits per heavy atom. The van der Waals surface area contributed by atoms with Gasteiger partial charge in [-0.2, -0.15) is 0 Å². The molecule has 2 aliphatic rings. The molecule has 7 nitrogen and oxygen atoms in total. The molecule has 1 saturated carbocycles. The molecule has 48 heavy (non-hydrogen) atoms. The minimum absolute atomic E-state index is 0.0238. The molecular weight excluding hydrogens is 727 g/mol. The predicted octanol–water partition coefficient (Wildman–Crippen LogP) is 9.49. The number of carboxylic acids is 1. The summed E-state index contributed by atoms with van der Waals surface area (Å²) in [4.78, 5) is 30.4. The van der Waals surface area contributed by atoms with Crippen LogP contribution in [0, 0.1) is 11.6 Å². The van der Waals surface area contributed by atoms with E-state index in [1.54, 1.807) is 30.3 Å². The lowest BCUT2D eigenvalue weighted by atomic mass is 9.94. The molecule has 5 aromatic rings. The molecule has 0 unspecified atom stereocenters. The number of carbonyl (C=O) groups is 2. The zero-order valence-corrected chi connectivity index (χ0v) is 28.4. The molecule has 7 rings (SSSR count). The lowest BCUT2D eigenvalue weighted by Crippen LogP contribution is -2.25. The van der Waals surface area contributed by atoms with Crippen LogP contribution in [-0.2, 0) is 15.8 Å². The van der Waals surface area contributed by atoms with Gasteiger partial charge in [0.1, 0.15) is 29.8 Å². The van der Waals surface area contributed by atoms with E-state index in [1.807, 2.05) is 24.3 Å². The van der Waals surface area contributed by atoms with Crippen LogP contribution in [-0.4, -0.2) is 33.1 Å². The van der Waals surface area contributed by atoms with Gasteiger partial charge in [-0.1, -0.05) is 66.1 Å². The second-order valence-corrected chi connectivity index (χ2v) is 13.2. The van der Waals surface area contributed by atoms with Crippen LogP contribution in [0.15, 0.2) is 72.8 Å². The van der Waals surface area contributed by atoms with E-state index in [9.17, 15) is 14.7 Å². The molecule has 1 aromatic heterocycles. The number of anilines is 1. The van der Waals surface area contributed by atoms with Crippen LogP contribution in [0.25, 0.3) is 33.5 Å². The van der Waals surface area contributed by atoms with E-state index in [0.29, 0.717) is 53.2 Å². The Bertz CT molecular complexity index is 2020. The topological polar surface area (TPSA) is 84.7 Å². The number of aromatic nitrogens is 2. The van der Waals surface area contributed by atoms with Crippen LogP contribution in [0.2, 0.25) is 0 Å². The maximum absolute atomic E-state index is 16.0. The second-order valence-electron chi connectivity index (χ2n) is 12.5. The summed E-state index contributed by atoms with van der Waals surface area (Å²) in [7, 11) is 0. The van der Waals surface area contributed by atoms with Crippen molar-refractivity contribution in [1.29, 1.82) is 0 Å². The maximum Gasteiger partial charge on any atom is 0.335 e. The fraction of sp³-hybridized carbons (Fsp3) is 0.289. The minimum atomic E-state index is -1.04. The van der Waals surface area contributed by atoms with Gasteiger partial charge in [-0.3, -0.25) is 4.79 Å². The van der Waals surface area contributed by atoms with Crippen LogP contribution in [0.4, 0.5) is 14.5 Å². The van der Waals surface area contributed by atoms with Crippen LogP contribution >= 0.6 is 22.6 Å². The molecule has 10 heteroatoms. The van der Waals surface area contributed by atoms with E-state index in [0.717, 1.165) is 53.2 Å². The van der Waals surface area contributed by atoms with Gasteiger partial charge in [0.25, 0.3) is 0 Å². The average molecular weight is 762 g/mol. The van der Waals surface area contributed by atoms with Gasteiger partial charge in [0.15, 0.2) is 0 Å². The number of rotatable bonds is 9. The molecule has 4 aromatic carbocycles. The molecule has 1 aliphatic carbocycles. The Morgan fingerprint density at radius 2 is 1.71 bits per heavy atom. The van der Waals surface area contributed by atoms with Crippen molar-refractivity contribution in [3.05, 3.63) is 101 Å². The van der Waals surface area contributed by atoms with Gasteiger partial charge in [-0.25, -0.2) is 18.6 Å². The normalized spacial score (nSPS) is 15.4.